The van der Waals surface area contributed by atoms with Gasteiger partial charge in [-0.15, -0.1) is 0 Å². The van der Waals surface area contributed by atoms with Gasteiger partial charge < -0.3 is 5.73 Å². The Kier molecular flexibility index (Phi) is 4.90. The van der Waals surface area contributed by atoms with Crippen molar-refractivity contribution in [2.24, 2.45) is 53.1 Å². The van der Waals surface area contributed by atoms with E-state index in [2.05, 4.69) is 0 Å². The van der Waals surface area contributed by atoms with E-state index in [1.165, 1.54) is 25.7 Å². The SMILES string of the molecule is NC1CCC(C2CCC3C4CCCCC4C4CCCCC4C3C2)CC1. The zero-order valence-corrected chi connectivity index (χ0v) is 16.4. The van der Waals surface area contributed by atoms with Gasteiger partial charge in [0.25, 0.3) is 0 Å². The monoisotopic (exact) mass is 343 g/mol. The number of rotatable bonds is 1. The number of fused-ring (bicyclic) bond motifs is 6. The fraction of sp³-hybridized carbons (Fsp3) is 1.00. The van der Waals surface area contributed by atoms with E-state index in [0.717, 1.165) is 47.3 Å². The summed E-state index contributed by atoms with van der Waals surface area (Å²) in [5, 5.41) is 0. The van der Waals surface area contributed by atoms with E-state index < -0.39 is 0 Å². The van der Waals surface area contributed by atoms with E-state index in [1.807, 2.05) is 0 Å². The van der Waals surface area contributed by atoms with Gasteiger partial charge in [0.1, 0.15) is 0 Å². The molecule has 5 rings (SSSR count). The Morgan fingerprint density at radius 2 is 0.840 bits per heavy atom. The average molecular weight is 344 g/mol. The van der Waals surface area contributed by atoms with Crippen LogP contribution < -0.4 is 5.73 Å². The molecule has 0 aromatic rings. The van der Waals surface area contributed by atoms with E-state index in [4.69, 9.17) is 5.73 Å². The van der Waals surface area contributed by atoms with Crippen LogP contribution in [-0.4, -0.2) is 6.04 Å². The molecule has 1 nitrogen and oxygen atoms in total. The van der Waals surface area contributed by atoms with Crippen LogP contribution in [0.1, 0.15) is 96.3 Å². The molecule has 2 N–H and O–H groups in total. The summed E-state index contributed by atoms with van der Waals surface area (Å²) in [7, 11) is 0. The summed E-state index contributed by atoms with van der Waals surface area (Å²) in [6.07, 6.45) is 22.9. The maximum Gasteiger partial charge on any atom is 0.00390 e. The van der Waals surface area contributed by atoms with Crippen molar-refractivity contribution in [3.8, 4) is 0 Å². The fourth-order valence-electron chi connectivity index (χ4n) is 8.83. The van der Waals surface area contributed by atoms with Gasteiger partial charge in [0, 0.05) is 6.04 Å². The summed E-state index contributed by atoms with van der Waals surface area (Å²) >= 11 is 0. The van der Waals surface area contributed by atoms with Gasteiger partial charge >= 0.3 is 0 Å². The van der Waals surface area contributed by atoms with Gasteiger partial charge in [-0.1, -0.05) is 25.7 Å². The minimum Gasteiger partial charge on any atom is -0.328 e. The molecule has 5 aliphatic rings. The molecule has 0 radical (unpaired) electrons. The van der Waals surface area contributed by atoms with Crippen molar-refractivity contribution in [2.45, 2.75) is 102 Å². The van der Waals surface area contributed by atoms with Crippen LogP contribution in [0.15, 0.2) is 0 Å². The van der Waals surface area contributed by atoms with Crippen LogP contribution in [0.3, 0.4) is 0 Å². The zero-order valence-electron chi connectivity index (χ0n) is 16.4. The van der Waals surface area contributed by atoms with E-state index in [-0.39, 0.29) is 0 Å². The number of hydrogen-bond donors (Lipinski definition) is 1. The molecule has 1 heteroatoms. The van der Waals surface area contributed by atoms with Crippen LogP contribution in [0, 0.1) is 47.3 Å². The minimum absolute atomic E-state index is 0.521. The predicted molar refractivity (Wildman–Crippen MR) is 105 cm³/mol. The van der Waals surface area contributed by atoms with Crippen molar-refractivity contribution >= 4 is 0 Å². The van der Waals surface area contributed by atoms with Crippen LogP contribution in [0.4, 0.5) is 0 Å². The highest BCUT2D eigenvalue weighted by molar-refractivity contribution is 5.02. The lowest BCUT2D eigenvalue weighted by atomic mass is 9.47. The standard InChI is InChI=1S/C24H41N/c25-18-12-9-16(10-13-18)17-11-14-23-21-7-2-1-5-19(21)20-6-3-4-8-22(20)24(23)15-17/h16-24H,1-15,25H2. The second-order valence-corrected chi connectivity index (χ2v) is 10.8. The molecule has 25 heavy (non-hydrogen) atoms. The molecule has 0 aliphatic heterocycles. The highest BCUT2D eigenvalue weighted by Gasteiger charge is 2.52. The Hall–Kier alpha value is -0.0400. The van der Waals surface area contributed by atoms with Gasteiger partial charge in [-0.2, -0.15) is 0 Å². The first kappa shape index (κ1) is 17.1. The minimum atomic E-state index is 0.521. The topological polar surface area (TPSA) is 26.0 Å². The van der Waals surface area contributed by atoms with Gasteiger partial charge in [0.2, 0.25) is 0 Å². The maximum absolute atomic E-state index is 6.19. The largest absolute Gasteiger partial charge is 0.328 e. The summed E-state index contributed by atoms with van der Waals surface area (Å²) in [6.45, 7) is 0. The van der Waals surface area contributed by atoms with Gasteiger partial charge in [-0.25, -0.2) is 0 Å². The third-order valence-corrected chi connectivity index (χ3v) is 9.88. The van der Waals surface area contributed by atoms with E-state index in [1.54, 1.807) is 70.6 Å². The summed E-state index contributed by atoms with van der Waals surface area (Å²) < 4.78 is 0. The first-order valence-corrected chi connectivity index (χ1v) is 12.1. The lowest BCUT2D eigenvalue weighted by Gasteiger charge is -2.59. The van der Waals surface area contributed by atoms with Gasteiger partial charge in [-0.3, -0.25) is 0 Å². The Morgan fingerprint density at radius 1 is 0.400 bits per heavy atom. The van der Waals surface area contributed by atoms with Crippen LogP contribution in [0.5, 0.6) is 0 Å². The van der Waals surface area contributed by atoms with Crippen molar-refractivity contribution < 1.29 is 0 Å². The third-order valence-electron chi connectivity index (χ3n) is 9.88. The average Bonchev–Trinajstić information content (AvgIpc) is 2.68. The molecule has 5 aliphatic carbocycles. The zero-order chi connectivity index (χ0) is 16.8. The highest BCUT2D eigenvalue weighted by atomic mass is 14.6. The van der Waals surface area contributed by atoms with Crippen LogP contribution in [0.25, 0.3) is 0 Å². The first-order chi connectivity index (χ1) is 12.3. The molecular formula is C24H41N. The van der Waals surface area contributed by atoms with Crippen LogP contribution in [-0.2, 0) is 0 Å². The van der Waals surface area contributed by atoms with Gasteiger partial charge in [0.15, 0.2) is 0 Å². The van der Waals surface area contributed by atoms with E-state index in [0.29, 0.717) is 6.04 Å². The molecule has 0 bridgehead atoms. The molecule has 0 heterocycles. The quantitative estimate of drug-likeness (QED) is 0.606. The van der Waals surface area contributed by atoms with Crippen LogP contribution >= 0.6 is 0 Å². The smallest absolute Gasteiger partial charge is 0.00390 e. The maximum atomic E-state index is 6.19. The Balaban J connectivity index is 1.34. The third kappa shape index (κ3) is 3.11. The Labute approximate surface area is 155 Å². The molecule has 7 unspecified atom stereocenters. The molecule has 0 aromatic heterocycles. The van der Waals surface area contributed by atoms with Gasteiger partial charge in [-0.05, 0) is 118 Å². The van der Waals surface area contributed by atoms with Crippen molar-refractivity contribution in [3.63, 3.8) is 0 Å². The lowest BCUT2D eigenvalue weighted by molar-refractivity contribution is -0.0936. The molecule has 142 valence electrons. The van der Waals surface area contributed by atoms with Crippen LogP contribution in [0.2, 0.25) is 0 Å². The second kappa shape index (κ2) is 7.17. The second-order valence-electron chi connectivity index (χ2n) is 10.8. The fourth-order valence-corrected chi connectivity index (χ4v) is 8.83. The first-order valence-electron chi connectivity index (χ1n) is 12.1. The molecule has 7 atom stereocenters. The predicted octanol–water partition coefficient (Wildman–Crippen LogP) is 6.16. The molecule has 0 aromatic carbocycles. The van der Waals surface area contributed by atoms with E-state index >= 15 is 0 Å². The molecule has 5 fully saturated rings. The number of hydrogen-bond acceptors (Lipinski definition) is 1. The van der Waals surface area contributed by atoms with Gasteiger partial charge in [0.05, 0.1) is 0 Å². The summed E-state index contributed by atoms with van der Waals surface area (Å²) in [4.78, 5) is 0. The molecule has 0 spiro atoms. The van der Waals surface area contributed by atoms with Crippen molar-refractivity contribution in [2.75, 3.05) is 0 Å². The van der Waals surface area contributed by atoms with Crippen molar-refractivity contribution in [1.82, 2.24) is 0 Å². The Morgan fingerprint density at radius 3 is 1.40 bits per heavy atom. The molecular weight excluding hydrogens is 302 g/mol. The summed E-state index contributed by atoms with van der Waals surface area (Å²) in [5.74, 6) is 8.91. The lowest BCUT2D eigenvalue weighted by Crippen LogP contribution is -2.51. The Bertz CT molecular complexity index is 437. The highest BCUT2D eigenvalue weighted by Crippen LogP contribution is 2.61. The molecule has 0 saturated heterocycles. The van der Waals surface area contributed by atoms with E-state index in [9.17, 15) is 0 Å². The molecule has 0 amide bonds. The van der Waals surface area contributed by atoms with Crippen molar-refractivity contribution in [3.05, 3.63) is 0 Å². The number of nitrogens with two attached hydrogens (primary N) is 1. The summed E-state index contributed by atoms with van der Waals surface area (Å²) in [6, 6.07) is 0.521. The van der Waals surface area contributed by atoms with Crippen molar-refractivity contribution in [1.29, 1.82) is 0 Å². The normalized spacial score (nSPS) is 53.4. The summed E-state index contributed by atoms with van der Waals surface area (Å²) in [5.41, 5.74) is 6.19. The molecule has 5 saturated carbocycles.